The average Bonchev–Trinajstić information content (AvgIpc) is 2.25. The monoisotopic (exact) mass is 205 g/mol. The molecule has 0 fully saturated rings. The second-order valence-electron chi connectivity index (χ2n) is 3.32. The summed E-state index contributed by atoms with van der Waals surface area (Å²) in [5.41, 5.74) is 1.44. The lowest BCUT2D eigenvalue weighted by molar-refractivity contribution is -0.132. The van der Waals surface area contributed by atoms with Crippen molar-refractivity contribution >= 4 is 5.97 Å². The van der Waals surface area contributed by atoms with E-state index in [0.29, 0.717) is 13.0 Å². The van der Waals surface area contributed by atoms with Gasteiger partial charge in [-0.15, -0.1) is 0 Å². The summed E-state index contributed by atoms with van der Waals surface area (Å²) < 4.78 is 0. The van der Waals surface area contributed by atoms with Gasteiger partial charge in [0.05, 0.1) is 0 Å². The number of carboxylic acid groups (broad SMARTS) is 1. The molecule has 2 N–H and O–H groups in total. The van der Waals surface area contributed by atoms with Gasteiger partial charge in [-0.2, -0.15) is 0 Å². The second kappa shape index (κ2) is 5.98. The van der Waals surface area contributed by atoms with Gasteiger partial charge in [-0.1, -0.05) is 36.9 Å². The number of carboxylic acids is 1. The van der Waals surface area contributed by atoms with Crippen molar-refractivity contribution in [2.45, 2.75) is 13.0 Å². The summed E-state index contributed by atoms with van der Waals surface area (Å²) in [5, 5.41) is 11.7. The maximum Gasteiger partial charge on any atom is 0.330 e. The van der Waals surface area contributed by atoms with Crippen LogP contribution in [0.25, 0.3) is 0 Å². The van der Waals surface area contributed by atoms with Gasteiger partial charge in [-0.3, -0.25) is 0 Å². The third-order valence-corrected chi connectivity index (χ3v) is 2.08. The molecule has 3 nitrogen and oxygen atoms in total. The molecule has 0 saturated heterocycles. The Labute approximate surface area is 89.4 Å². The van der Waals surface area contributed by atoms with Crippen LogP contribution in [0.1, 0.15) is 12.0 Å². The molecule has 0 amide bonds. The highest BCUT2D eigenvalue weighted by atomic mass is 16.4. The van der Waals surface area contributed by atoms with Gasteiger partial charge in [0.25, 0.3) is 0 Å². The summed E-state index contributed by atoms with van der Waals surface area (Å²) in [6.45, 7) is 4.86. The molecular weight excluding hydrogens is 190 g/mol. The van der Waals surface area contributed by atoms with Crippen LogP contribution >= 0.6 is 0 Å². The predicted octanol–water partition coefficient (Wildman–Crippen LogP) is 1.81. The molecule has 0 aromatic heterocycles. The molecular formula is C12H15NO2. The second-order valence-corrected chi connectivity index (χ2v) is 3.32. The minimum atomic E-state index is -0.920. The lowest BCUT2D eigenvalue weighted by atomic mass is 10.2. The van der Waals surface area contributed by atoms with Crippen LogP contribution < -0.4 is 5.32 Å². The smallest absolute Gasteiger partial charge is 0.330 e. The normalized spacial score (nSPS) is 9.87. The molecule has 0 radical (unpaired) electrons. The zero-order valence-corrected chi connectivity index (χ0v) is 8.57. The van der Waals surface area contributed by atoms with Crippen LogP contribution in [-0.2, 0) is 11.3 Å². The highest BCUT2D eigenvalue weighted by Gasteiger charge is 2.02. The molecule has 0 saturated carbocycles. The van der Waals surface area contributed by atoms with E-state index in [0.717, 1.165) is 6.54 Å². The lowest BCUT2D eigenvalue weighted by Crippen LogP contribution is -2.16. The van der Waals surface area contributed by atoms with Crippen LogP contribution in [-0.4, -0.2) is 17.6 Å². The molecule has 0 atom stereocenters. The lowest BCUT2D eigenvalue weighted by Gasteiger charge is -2.04. The van der Waals surface area contributed by atoms with Gasteiger partial charge in [0.15, 0.2) is 0 Å². The minimum absolute atomic E-state index is 0.246. The van der Waals surface area contributed by atoms with E-state index in [1.807, 2.05) is 30.3 Å². The predicted molar refractivity (Wildman–Crippen MR) is 59.5 cm³/mol. The number of hydrogen-bond donors (Lipinski definition) is 2. The Morgan fingerprint density at radius 3 is 2.60 bits per heavy atom. The summed E-state index contributed by atoms with van der Waals surface area (Å²) in [6, 6.07) is 9.98. The maximum absolute atomic E-state index is 10.4. The molecule has 0 unspecified atom stereocenters. The van der Waals surface area contributed by atoms with Crippen LogP contribution in [0.4, 0.5) is 0 Å². The first-order valence-electron chi connectivity index (χ1n) is 4.86. The maximum atomic E-state index is 10.4. The summed E-state index contributed by atoms with van der Waals surface area (Å²) in [7, 11) is 0. The fourth-order valence-electron chi connectivity index (χ4n) is 1.17. The van der Waals surface area contributed by atoms with Crippen molar-refractivity contribution in [1.82, 2.24) is 5.32 Å². The Morgan fingerprint density at radius 1 is 1.33 bits per heavy atom. The Morgan fingerprint density at radius 2 is 2.00 bits per heavy atom. The van der Waals surface area contributed by atoms with Crippen molar-refractivity contribution < 1.29 is 9.90 Å². The molecule has 0 aliphatic heterocycles. The van der Waals surface area contributed by atoms with Crippen molar-refractivity contribution in [2.75, 3.05) is 6.54 Å². The number of benzene rings is 1. The van der Waals surface area contributed by atoms with E-state index in [-0.39, 0.29) is 5.57 Å². The molecule has 0 spiro atoms. The van der Waals surface area contributed by atoms with Gasteiger partial charge in [-0.25, -0.2) is 4.79 Å². The molecule has 1 rings (SSSR count). The van der Waals surface area contributed by atoms with E-state index in [1.165, 1.54) is 5.56 Å². The Kier molecular flexibility index (Phi) is 4.57. The summed E-state index contributed by atoms with van der Waals surface area (Å²) in [4.78, 5) is 10.4. The van der Waals surface area contributed by atoms with E-state index in [4.69, 9.17) is 5.11 Å². The van der Waals surface area contributed by atoms with E-state index in [1.54, 1.807) is 0 Å². The van der Waals surface area contributed by atoms with Gasteiger partial charge in [0.1, 0.15) is 0 Å². The summed E-state index contributed by atoms with van der Waals surface area (Å²) in [6.07, 6.45) is 0.474. The Balaban J connectivity index is 2.18. The Hall–Kier alpha value is -1.61. The van der Waals surface area contributed by atoms with Gasteiger partial charge in [0, 0.05) is 12.1 Å². The van der Waals surface area contributed by atoms with Crippen LogP contribution in [0, 0.1) is 0 Å². The molecule has 1 aromatic rings. The molecule has 1 aromatic carbocycles. The summed E-state index contributed by atoms with van der Waals surface area (Å²) >= 11 is 0. The zero-order valence-electron chi connectivity index (χ0n) is 8.57. The van der Waals surface area contributed by atoms with Gasteiger partial charge < -0.3 is 10.4 Å². The molecule has 15 heavy (non-hydrogen) atoms. The zero-order chi connectivity index (χ0) is 11.1. The highest BCUT2D eigenvalue weighted by molar-refractivity contribution is 5.85. The van der Waals surface area contributed by atoms with Crippen molar-refractivity contribution in [1.29, 1.82) is 0 Å². The van der Waals surface area contributed by atoms with Crippen molar-refractivity contribution in [3.63, 3.8) is 0 Å². The van der Waals surface area contributed by atoms with Gasteiger partial charge in [0.2, 0.25) is 0 Å². The van der Waals surface area contributed by atoms with Crippen molar-refractivity contribution in [2.24, 2.45) is 0 Å². The van der Waals surface area contributed by atoms with E-state index in [9.17, 15) is 4.79 Å². The van der Waals surface area contributed by atoms with E-state index < -0.39 is 5.97 Å². The summed E-state index contributed by atoms with van der Waals surface area (Å²) in [5.74, 6) is -0.920. The largest absolute Gasteiger partial charge is 0.478 e. The van der Waals surface area contributed by atoms with Crippen molar-refractivity contribution in [3.8, 4) is 0 Å². The van der Waals surface area contributed by atoms with Crippen LogP contribution in [0.3, 0.4) is 0 Å². The SMILES string of the molecule is C=C(CCNCc1ccccc1)C(=O)O. The number of aliphatic carboxylic acids is 1. The fourth-order valence-corrected chi connectivity index (χ4v) is 1.17. The molecule has 0 bridgehead atoms. The quantitative estimate of drug-likeness (QED) is 0.550. The number of rotatable bonds is 6. The van der Waals surface area contributed by atoms with Gasteiger partial charge in [-0.05, 0) is 18.5 Å². The first-order valence-corrected chi connectivity index (χ1v) is 4.86. The van der Waals surface area contributed by atoms with Gasteiger partial charge >= 0.3 is 5.97 Å². The number of carbonyl (C=O) groups is 1. The number of hydrogen-bond acceptors (Lipinski definition) is 2. The highest BCUT2D eigenvalue weighted by Crippen LogP contribution is 1.99. The Bertz CT molecular complexity index is 333. The first-order chi connectivity index (χ1) is 7.20. The average molecular weight is 205 g/mol. The molecule has 0 aliphatic rings. The van der Waals surface area contributed by atoms with Crippen LogP contribution in [0.2, 0.25) is 0 Å². The molecule has 0 aliphatic carbocycles. The molecule has 80 valence electrons. The third kappa shape index (κ3) is 4.42. The number of nitrogens with one attached hydrogen (secondary N) is 1. The molecule has 0 heterocycles. The fraction of sp³-hybridized carbons (Fsp3) is 0.250. The third-order valence-electron chi connectivity index (χ3n) is 2.08. The van der Waals surface area contributed by atoms with Crippen LogP contribution in [0.5, 0.6) is 0 Å². The van der Waals surface area contributed by atoms with E-state index >= 15 is 0 Å². The first kappa shape index (κ1) is 11.5. The van der Waals surface area contributed by atoms with Crippen molar-refractivity contribution in [3.05, 3.63) is 48.0 Å². The standard InChI is InChI=1S/C12H15NO2/c1-10(12(14)15)7-8-13-9-11-5-3-2-4-6-11/h2-6,13H,1,7-9H2,(H,14,15). The minimum Gasteiger partial charge on any atom is -0.478 e. The van der Waals surface area contributed by atoms with Crippen LogP contribution in [0.15, 0.2) is 42.5 Å². The topological polar surface area (TPSA) is 49.3 Å². The van der Waals surface area contributed by atoms with E-state index in [2.05, 4.69) is 11.9 Å². The molecule has 3 heteroatoms.